The lowest BCUT2D eigenvalue weighted by Crippen LogP contribution is -2.48. The van der Waals surface area contributed by atoms with Crippen molar-refractivity contribution in [3.8, 4) is 0 Å². The van der Waals surface area contributed by atoms with Gasteiger partial charge in [-0.15, -0.1) is 29.9 Å². The fourth-order valence-corrected chi connectivity index (χ4v) is 3.50. The molecule has 2 N–H and O–H groups in total. The van der Waals surface area contributed by atoms with Gasteiger partial charge in [0.25, 0.3) is 5.91 Å². The third-order valence-electron chi connectivity index (χ3n) is 5.11. The average Bonchev–Trinajstić information content (AvgIpc) is 3.10. The number of aromatic nitrogens is 2. The highest BCUT2D eigenvalue weighted by Gasteiger charge is 2.35. The Hall–Kier alpha value is -1.15. The summed E-state index contributed by atoms with van der Waals surface area (Å²) < 4.78 is 5.74. The molecule has 1 aromatic heterocycles. The Morgan fingerprint density at radius 2 is 1.92 bits per heavy atom. The summed E-state index contributed by atoms with van der Waals surface area (Å²) in [6.45, 7) is 3.95. The minimum Gasteiger partial charge on any atom is -0.364 e. The first-order chi connectivity index (χ1) is 11.6. The van der Waals surface area contributed by atoms with Gasteiger partial charge in [-0.1, -0.05) is 0 Å². The highest BCUT2D eigenvalue weighted by Crippen LogP contribution is 2.24. The van der Waals surface area contributed by atoms with E-state index in [1.165, 1.54) is 0 Å². The molecule has 0 saturated carbocycles. The molecule has 1 amide bonds. The predicted molar refractivity (Wildman–Crippen MR) is 106 cm³/mol. The van der Waals surface area contributed by atoms with E-state index in [0.717, 1.165) is 50.3 Å². The molecule has 2 aliphatic rings. The molecule has 2 aliphatic heterocycles. The summed E-state index contributed by atoms with van der Waals surface area (Å²) in [6.07, 6.45) is 3.30. The fraction of sp³-hybridized carbons (Fsp3) is 0.706. The van der Waals surface area contributed by atoms with Crippen molar-refractivity contribution < 1.29 is 9.53 Å². The lowest BCUT2D eigenvalue weighted by atomic mass is 10.0. The number of amides is 1. The molecule has 26 heavy (non-hydrogen) atoms. The molecule has 0 unspecified atom stereocenters. The number of likely N-dealkylation sites (tertiary alicyclic amines) is 1. The number of anilines is 1. The van der Waals surface area contributed by atoms with Crippen LogP contribution in [0, 0.1) is 6.92 Å². The predicted octanol–water partition coefficient (Wildman–Crippen LogP) is 1.56. The van der Waals surface area contributed by atoms with E-state index in [2.05, 4.69) is 15.1 Å². The molecule has 0 aromatic carbocycles. The normalized spacial score (nSPS) is 23.1. The Morgan fingerprint density at radius 1 is 1.23 bits per heavy atom. The van der Waals surface area contributed by atoms with Crippen LogP contribution >= 0.6 is 24.8 Å². The summed E-state index contributed by atoms with van der Waals surface area (Å²) in [5.41, 5.74) is 6.54. The van der Waals surface area contributed by atoms with E-state index in [1.807, 2.05) is 31.0 Å². The first-order valence-electron chi connectivity index (χ1n) is 8.76. The van der Waals surface area contributed by atoms with Crippen LogP contribution in [-0.4, -0.2) is 65.9 Å². The number of halogens is 2. The molecule has 1 aromatic rings. The van der Waals surface area contributed by atoms with Crippen LogP contribution < -0.4 is 10.6 Å². The van der Waals surface area contributed by atoms with Crippen molar-refractivity contribution in [1.29, 1.82) is 0 Å². The van der Waals surface area contributed by atoms with E-state index in [-0.39, 0.29) is 42.9 Å². The number of hydrogen-bond acceptors (Lipinski definition) is 6. The Morgan fingerprint density at radius 3 is 2.46 bits per heavy atom. The Kier molecular flexibility index (Phi) is 9.03. The van der Waals surface area contributed by atoms with Crippen molar-refractivity contribution in [3.63, 3.8) is 0 Å². The van der Waals surface area contributed by atoms with E-state index in [9.17, 15) is 4.79 Å². The van der Waals surface area contributed by atoms with Gasteiger partial charge in [-0.2, -0.15) is 5.10 Å². The molecule has 3 heterocycles. The van der Waals surface area contributed by atoms with Crippen molar-refractivity contribution in [1.82, 2.24) is 15.1 Å². The molecule has 2 atom stereocenters. The van der Waals surface area contributed by atoms with Crippen LogP contribution in [0.15, 0.2) is 12.1 Å². The van der Waals surface area contributed by atoms with E-state index in [4.69, 9.17) is 10.5 Å². The van der Waals surface area contributed by atoms with Crippen LogP contribution in [0.2, 0.25) is 0 Å². The van der Waals surface area contributed by atoms with Crippen molar-refractivity contribution in [2.24, 2.45) is 5.73 Å². The third-order valence-corrected chi connectivity index (χ3v) is 5.11. The average molecular weight is 406 g/mol. The summed E-state index contributed by atoms with van der Waals surface area (Å²) in [6, 6.07) is 4.36. The topological polar surface area (TPSA) is 84.6 Å². The molecular formula is C17H29Cl2N5O2. The van der Waals surface area contributed by atoms with Gasteiger partial charge in [-0.3, -0.25) is 4.79 Å². The number of hydrogen-bond donors (Lipinski definition) is 1. The maximum atomic E-state index is 12.6. The molecule has 3 rings (SSSR count). The summed E-state index contributed by atoms with van der Waals surface area (Å²) in [5, 5.41) is 8.37. The summed E-state index contributed by atoms with van der Waals surface area (Å²) in [5.74, 6) is 1.01. The number of carbonyl (C=O) groups is 1. The van der Waals surface area contributed by atoms with Gasteiger partial charge in [0.1, 0.15) is 6.10 Å². The molecule has 148 valence electrons. The zero-order chi connectivity index (χ0) is 17.1. The molecular weight excluding hydrogens is 377 g/mol. The quantitative estimate of drug-likeness (QED) is 0.817. The number of ether oxygens (including phenoxy) is 1. The number of nitrogens with two attached hydrogens (primary N) is 1. The molecule has 0 bridgehead atoms. The Labute approximate surface area is 167 Å². The largest absolute Gasteiger partial charge is 0.364 e. The first kappa shape index (κ1) is 22.9. The molecule has 2 fully saturated rings. The smallest absolute Gasteiger partial charge is 0.251 e. The van der Waals surface area contributed by atoms with Crippen LogP contribution in [-0.2, 0) is 9.53 Å². The van der Waals surface area contributed by atoms with Crippen LogP contribution in [0.1, 0.15) is 31.4 Å². The maximum absolute atomic E-state index is 12.6. The Balaban J connectivity index is 0.00000169. The van der Waals surface area contributed by atoms with E-state index >= 15 is 0 Å². The van der Waals surface area contributed by atoms with Gasteiger partial charge in [0, 0.05) is 32.7 Å². The molecule has 2 saturated heterocycles. The number of carbonyl (C=O) groups excluding carboxylic acids is 1. The monoisotopic (exact) mass is 405 g/mol. The first-order valence-corrected chi connectivity index (χ1v) is 8.76. The SMILES string of the molecule is Cc1ccc(N(C)C2CCN(C(=O)[C@@H]3CC[C@H](CN)O3)CC2)nn1.Cl.Cl. The standard InChI is InChI=1S/C17H27N5O2.2ClH/c1-12-3-6-16(20-19-12)21(2)13-7-9-22(10-8-13)17(23)15-5-4-14(11-18)24-15;;/h3,6,13-15H,4-5,7-11,18H2,1-2H3;2*1H/t14-,15+;;/m1../s1. The zero-order valence-corrected chi connectivity index (χ0v) is 17.0. The van der Waals surface area contributed by atoms with E-state index in [1.54, 1.807) is 0 Å². The Bertz CT molecular complexity index is 567. The number of nitrogens with zero attached hydrogens (tertiary/aromatic N) is 4. The summed E-state index contributed by atoms with van der Waals surface area (Å²) >= 11 is 0. The van der Waals surface area contributed by atoms with Gasteiger partial charge >= 0.3 is 0 Å². The molecule has 0 radical (unpaired) electrons. The van der Waals surface area contributed by atoms with E-state index in [0.29, 0.717) is 12.6 Å². The summed E-state index contributed by atoms with van der Waals surface area (Å²) in [7, 11) is 2.05. The lowest BCUT2D eigenvalue weighted by molar-refractivity contribution is -0.143. The van der Waals surface area contributed by atoms with Crippen molar-refractivity contribution in [2.75, 3.05) is 31.6 Å². The van der Waals surface area contributed by atoms with Crippen molar-refractivity contribution in [2.45, 2.75) is 50.9 Å². The van der Waals surface area contributed by atoms with Crippen LogP contribution in [0.25, 0.3) is 0 Å². The van der Waals surface area contributed by atoms with Gasteiger partial charge in [0.05, 0.1) is 11.8 Å². The van der Waals surface area contributed by atoms with Crippen molar-refractivity contribution >= 4 is 36.5 Å². The van der Waals surface area contributed by atoms with Crippen LogP contribution in [0.4, 0.5) is 5.82 Å². The molecule has 0 aliphatic carbocycles. The number of aryl methyl sites for hydroxylation is 1. The molecule has 7 nitrogen and oxygen atoms in total. The van der Waals surface area contributed by atoms with Crippen LogP contribution in [0.5, 0.6) is 0 Å². The minimum atomic E-state index is -0.296. The van der Waals surface area contributed by atoms with Gasteiger partial charge in [0.2, 0.25) is 0 Å². The second-order valence-electron chi connectivity index (χ2n) is 6.76. The lowest BCUT2D eigenvalue weighted by Gasteiger charge is -2.37. The number of piperidine rings is 1. The maximum Gasteiger partial charge on any atom is 0.251 e. The second-order valence-corrected chi connectivity index (χ2v) is 6.76. The van der Waals surface area contributed by atoms with Gasteiger partial charge in [-0.25, -0.2) is 0 Å². The highest BCUT2D eigenvalue weighted by molar-refractivity contribution is 5.85. The van der Waals surface area contributed by atoms with E-state index < -0.39 is 0 Å². The fourth-order valence-electron chi connectivity index (χ4n) is 3.50. The summed E-state index contributed by atoms with van der Waals surface area (Å²) in [4.78, 5) is 16.7. The van der Waals surface area contributed by atoms with Gasteiger partial charge in [0.15, 0.2) is 5.82 Å². The second kappa shape index (κ2) is 10.3. The van der Waals surface area contributed by atoms with Gasteiger partial charge < -0.3 is 20.3 Å². The molecule has 9 heteroatoms. The zero-order valence-electron chi connectivity index (χ0n) is 15.3. The molecule has 0 spiro atoms. The number of rotatable bonds is 4. The van der Waals surface area contributed by atoms with Crippen molar-refractivity contribution in [3.05, 3.63) is 17.8 Å². The third kappa shape index (κ3) is 5.19. The van der Waals surface area contributed by atoms with Crippen LogP contribution in [0.3, 0.4) is 0 Å². The highest BCUT2D eigenvalue weighted by atomic mass is 35.5. The minimum absolute atomic E-state index is 0. The van der Waals surface area contributed by atoms with Gasteiger partial charge in [-0.05, 0) is 44.7 Å².